The second kappa shape index (κ2) is 6.72. The summed E-state index contributed by atoms with van der Waals surface area (Å²) in [6, 6.07) is 15.6. The van der Waals surface area contributed by atoms with Crippen molar-refractivity contribution in [2.45, 2.75) is 32.9 Å². The Hall–Kier alpha value is -1.51. The molecule has 2 nitrogen and oxygen atoms in total. The van der Waals surface area contributed by atoms with Crippen LogP contribution in [0.5, 0.6) is 0 Å². The zero-order valence-electron chi connectivity index (χ0n) is 13.3. The van der Waals surface area contributed by atoms with Gasteiger partial charge in [0.25, 0.3) is 0 Å². The Labute approximate surface area is 138 Å². The maximum absolute atomic E-state index is 6.36. The minimum atomic E-state index is 0.526. The third-order valence-electron chi connectivity index (χ3n) is 4.56. The van der Waals surface area contributed by atoms with Crippen LogP contribution in [0.4, 0.5) is 5.69 Å². The van der Waals surface area contributed by atoms with Gasteiger partial charge in [-0.2, -0.15) is 0 Å². The number of rotatable bonds is 4. The van der Waals surface area contributed by atoms with Crippen LogP contribution in [0.2, 0.25) is 5.02 Å². The highest BCUT2D eigenvalue weighted by molar-refractivity contribution is 6.31. The minimum Gasteiger partial charge on any atom is -0.363 e. The maximum Gasteiger partial charge on any atom is 0.0455 e. The molecule has 1 heterocycles. The highest BCUT2D eigenvalue weighted by atomic mass is 35.5. The van der Waals surface area contributed by atoms with E-state index in [2.05, 4.69) is 66.5 Å². The predicted molar refractivity (Wildman–Crippen MR) is 94.8 cm³/mol. The molecule has 3 heteroatoms. The first-order chi connectivity index (χ1) is 10.6. The molecule has 1 unspecified atom stereocenters. The molecule has 22 heavy (non-hydrogen) atoms. The van der Waals surface area contributed by atoms with Gasteiger partial charge in [0.2, 0.25) is 0 Å². The van der Waals surface area contributed by atoms with Gasteiger partial charge in [0.05, 0.1) is 0 Å². The molecule has 1 atom stereocenters. The van der Waals surface area contributed by atoms with Crippen LogP contribution >= 0.6 is 11.6 Å². The summed E-state index contributed by atoms with van der Waals surface area (Å²) >= 11 is 6.36. The van der Waals surface area contributed by atoms with Crippen molar-refractivity contribution in [2.75, 3.05) is 18.0 Å². The normalized spacial score (nSPS) is 17.7. The molecule has 0 saturated carbocycles. The Bertz CT molecular complexity index is 648. The smallest absolute Gasteiger partial charge is 0.0455 e. The second-order valence-electron chi connectivity index (χ2n) is 6.13. The number of benzene rings is 2. The molecule has 0 radical (unpaired) electrons. The zero-order valence-corrected chi connectivity index (χ0v) is 14.0. The molecule has 1 N–H and O–H groups in total. The van der Waals surface area contributed by atoms with Crippen molar-refractivity contribution in [1.82, 2.24) is 5.32 Å². The molecule has 1 aliphatic rings. The average molecular weight is 315 g/mol. The molecule has 0 aromatic heterocycles. The van der Waals surface area contributed by atoms with Crippen molar-refractivity contribution in [3.63, 3.8) is 0 Å². The molecule has 1 saturated heterocycles. The third kappa shape index (κ3) is 3.29. The van der Waals surface area contributed by atoms with Gasteiger partial charge in [0.15, 0.2) is 0 Å². The van der Waals surface area contributed by atoms with Crippen molar-refractivity contribution >= 4 is 17.3 Å². The Morgan fingerprint density at radius 1 is 1.14 bits per heavy atom. The summed E-state index contributed by atoms with van der Waals surface area (Å²) in [6.45, 7) is 7.29. The lowest BCUT2D eigenvalue weighted by molar-refractivity contribution is 0.630. The first kappa shape index (κ1) is 15.4. The molecule has 0 amide bonds. The molecule has 2 aromatic carbocycles. The second-order valence-corrected chi connectivity index (χ2v) is 6.54. The van der Waals surface area contributed by atoms with E-state index in [1.807, 2.05) is 0 Å². The SMILES string of the molecule is Cc1ccc(N(Cc2ccccc2C)C2CCNC2)cc1Cl. The van der Waals surface area contributed by atoms with Gasteiger partial charge in [0, 0.05) is 29.8 Å². The van der Waals surface area contributed by atoms with E-state index in [1.54, 1.807) is 0 Å². The van der Waals surface area contributed by atoms with Gasteiger partial charge in [-0.25, -0.2) is 0 Å². The fourth-order valence-electron chi connectivity index (χ4n) is 3.07. The van der Waals surface area contributed by atoms with Gasteiger partial charge in [-0.05, 0) is 55.6 Å². The average Bonchev–Trinajstić information content (AvgIpc) is 3.03. The number of hydrogen-bond donors (Lipinski definition) is 1. The lowest BCUT2D eigenvalue weighted by Gasteiger charge is -2.31. The van der Waals surface area contributed by atoms with Gasteiger partial charge >= 0.3 is 0 Å². The molecule has 1 fully saturated rings. The highest BCUT2D eigenvalue weighted by Crippen LogP contribution is 2.28. The quantitative estimate of drug-likeness (QED) is 0.904. The number of halogens is 1. The number of anilines is 1. The van der Waals surface area contributed by atoms with Gasteiger partial charge in [-0.3, -0.25) is 0 Å². The van der Waals surface area contributed by atoms with Crippen molar-refractivity contribution in [3.8, 4) is 0 Å². The van der Waals surface area contributed by atoms with Gasteiger partial charge in [0.1, 0.15) is 0 Å². The maximum atomic E-state index is 6.36. The van der Waals surface area contributed by atoms with Gasteiger partial charge in [-0.15, -0.1) is 0 Å². The monoisotopic (exact) mass is 314 g/mol. The van der Waals surface area contributed by atoms with E-state index < -0.39 is 0 Å². The third-order valence-corrected chi connectivity index (χ3v) is 4.97. The van der Waals surface area contributed by atoms with Crippen LogP contribution < -0.4 is 10.2 Å². The molecule has 0 spiro atoms. The van der Waals surface area contributed by atoms with E-state index in [9.17, 15) is 0 Å². The molecular formula is C19H23ClN2. The summed E-state index contributed by atoms with van der Waals surface area (Å²) in [4.78, 5) is 2.49. The zero-order chi connectivity index (χ0) is 15.5. The van der Waals surface area contributed by atoms with Crippen molar-refractivity contribution in [3.05, 3.63) is 64.2 Å². The fraction of sp³-hybridized carbons (Fsp3) is 0.368. The van der Waals surface area contributed by atoms with Crippen LogP contribution in [0.25, 0.3) is 0 Å². The van der Waals surface area contributed by atoms with E-state index in [-0.39, 0.29) is 0 Å². The van der Waals surface area contributed by atoms with Crippen LogP contribution in [0.1, 0.15) is 23.1 Å². The van der Waals surface area contributed by atoms with Gasteiger partial charge < -0.3 is 10.2 Å². The Balaban J connectivity index is 1.93. The molecule has 1 aliphatic heterocycles. The molecule has 3 rings (SSSR count). The summed E-state index contributed by atoms with van der Waals surface area (Å²) in [5.74, 6) is 0. The van der Waals surface area contributed by atoms with Crippen LogP contribution in [-0.4, -0.2) is 19.1 Å². The molecule has 0 bridgehead atoms. The number of hydrogen-bond acceptors (Lipinski definition) is 2. The molecule has 116 valence electrons. The Morgan fingerprint density at radius 2 is 1.95 bits per heavy atom. The molecule has 0 aliphatic carbocycles. The topological polar surface area (TPSA) is 15.3 Å². The van der Waals surface area contributed by atoms with Crippen molar-refractivity contribution < 1.29 is 0 Å². The molecular weight excluding hydrogens is 292 g/mol. The van der Waals surface area contributed by atoms with Crippen LogP contribution in [0.3, 0.4) is 0 Å². The highest BCUT2D eigenvalue weighted by Gasteiger charge is 2.23. The molecule has 2 aromatic rings. The Morgan fingerprint density at radius 3 is 2.64 bits per heavy atom. The van der Waals surface area contributed by atoms with E-state index in [4.69, 9.17) is 11.6 Å². The van der Waals surface area contributed by atoms with E-state index in [0.717, 1.165) is 30.2 Å². The van der Waals surface area contributed by atoms with E-state index in [0.29, 0.717) is 6.04 Å². The predicted octanol–water partition coefficient (Wildman–Crippen LogP) is 4.33. The fourth-order valence-corrected chi connectivity index (χ4v) is 3.24. The van der Waals surface area contributed by atoms with Crippen LogP contribution in [0.15, 0.2) is 42.5 Å². The van der Waals surface area contributed by atoms with E-state index >= 15 is 0 Å². The standard InChI is InChI=1S/C19H23ClN2/c1-14-5-3-4-6-16(14)13-22(18-9-10-21-12-18)17-8-7-15(2)19(20)11-17/h3-8,11,18,21H,9-10,12-13H2,1-2H3. The first-order valence-corrected chi connectivity index (χ1v) is 8.31. The van der Waals surface area contributed by atoms with Gasteiger partial charge in [-0.1, -0.05) is 41.9 Å². The minimum absolute atomic E-state index is 0.526. The number of aryl methyl sites for hydroxylation is 2. The van der Waals surface area contributed by atoms with Crippen LogP contribution in [0, 0.1) is 13.8 Å². The summed E-state index contributed by atoms with van der Waals surface area (Å²) < 4.78 is 0. The van der Waals surface area contributed by atoms with Crippen molar-refractivity contribution in [2.24, 2.45) is 0 Å². The van der Waals surface area contributed by atoms with Crippen LogP contribution in [-0.2, 0) is 6.54 Å². The van der Waals surface area contributed by atoms with Crippen molar-refractivity contribution in [1.29, 1.82) is 0 Å². The summed E-state index contributed by atoms with van der Waals surface area (Å²) in [6.07, 6.45) is 1.18. The summed E-state index contributed by atoms with van der Waals surface area (Å²) in [5.41, 5.74) is 5.07. The lowest BCUT2D eigenvalue weighted by atomic mass is 10.1. The number of nitrogens with zero attached hydrogens (tertiary/aromatic N) is 1. The number of nitrogens with one attached hydrogen (secondary N) is 1. The summed E-state index contributed by atoms with van der Waals surface area (Å²) in [7, 11) is 0. The first-order valence-electron chi connectivity index (χ1n) is 7.93. The van der Waals surface area contributed by atoms with E-state index in [1.165, 1.54) is 23.2 Å². The lowest BCUT2D eigenvalue weighted by Crippen LogP contribution is -2.36. The summed E-state index contributed by atoms with van der Waals surface area (Å²) in [5, 5.41) is 4.32. The largest absolute Gasteiger partial charge is 0.363 e. The Kier molecular flexibility index (Phi) is 4.70.